The molecule has 1 aliphatic heterocycles. The minimum Gasteiger partial charge on any atom is -0.444 e. The summed E-state index contributed by atoms with van der Waals surface area (Å²) in [6.45, 7) is 2.30. The van der Waals surface area contributed by atoms with Crippen LogP contribution in [0.3, 0.4) is 0 Å². The molecular formula is C14H16N4O2. The molecule has 20 heavy (non-hydrogen) atoms. The van der Waals surface area contributed by atoms with E-state index in [2.05, 4.69) is 15.6 Å². The highest BCUT2D eigenvalue weighted by Crippen LogP contribution is 2.31. The predicted molar refractivity (Wildman–Crippen MR) is 76.4 cm³/mol. The number of nitrogens with zero attached hydrogens (tertiary/aromatic N) is 1. The molecule has 0 saturated heterocycles. The van der Waals surface area contributed by atoms with Gasteiger partial charge in [0.1, 0.15) is 5.76 Å². The van der Waals surface area contributed by atoms with Crippen LogP contribution < -0.4 is 16.4 Å². The molecule has 2 aromatic rings. The zero-order valence-corrected chi connectivity index (χ0v) is 11.2. The van der Waals surface area contributed by atoms with Crippen LogP contribution in [0.15, 0.2) is 22.7 Å². The third kappa shape index (κ3) is 2.45. The van der Waals surface area contributed by atoms with Crippen molar-refractivity contribution in [3.63, 3.8) is 0 Å². The molecule has 0 aliphatic carbocycles. The molecule has 1 aromatic heterocycles. The van der Waals surface area contributed by atoms with Crippen molar-refractivity contribution >= 4 is 23.0 Å². The van der Waals surface area contributed by atoms with Crippen LogP contribution in [-0.4, -0.2) is 10.9 Å². The molecule has 104 valence electrons. The Labute approximate surface area is 116 Å². The first kappa shape index (κ1) is 12.5. The van der Waals surface area contributed by atoms with Crippen LogP contribution in [0.4, 0.5) is 17.1 Å². The molecule has 6 nitrogen and oxygen atoms in total. The number of nitrogens with two attached hydrogens (primary N) is 1. The second-order valence-electron chi connectivity index (χ2n) is 4.86. The van der Waals surface area contributed by atoms with E-state index < -0.39 is 0 Å². The van der Waals surface area contributed by atoms with Crippen molar-refractivity contribution in [1.82, 2.24) is 4.98 Å². The number of anilines is 3. The number of carbonyl (C=O) groups excluding carboxylic acids is 1. The van der Waals surface area contributed by atoms with Gasteiger partial charge in [0.2, 0.25) is 11.8 Å². The Bertz CT molecular complexity index is 663. The number of oxazole rings is 1. The molecule has 0 saturated carbocycles. The molecule has 6 heteroatoms. The SMILES string of the molecule is Cc1cnc(CNc2cc3c(cc2N)CCC(=O)N3)o1. The first-order valence-corrected chi connectivity index (χ1v) is 6.49. The molecular weight excluding hydrogens is 256 g/mol. The summed E-state index contributed by atoms with van der Waals surface area (Å²) in [6.07, 6.45) is 2.91. The maximum Gasteiger partial charge on any atom is 0.224 e. The maximum absolute atomic E-state index is 11.4. The average molecular weight is 272 g/mol. The van der Waals surface area contributed by atoms with Crippen molar-refractivity contribution in [3.05, 3.63) is 35.5 Å². The van der Waals surface area contributed by atoms with Crippen molar-refractivity contribution in [2.24, 2.45) is 0 Å². The molecule has 3 rings (SSSR count). The van der Waals surface area contributed by atoms with E-state index in [0.29, 0.717) is 24.5 Å². The fraction of sp³-hybridized carbons (Fsp3) is 0.286. The van der Waals surface area contributed by atoms with Gasteiger partial charge in [-0.1, -0.05) is 0 Å². The maximum atomic E-state index is 11.4. The topological polar surface area (TPSA) is 93.2 Å². The molecule has 0 fully saturated rings. The van der Waals surface area contributed by atoms with Gasteiger partial charge in [-0.25, -0.2) is 4.98 Å². The van der Waals surface area contributed by atoms with Crippen LogP contribution in [0.5, 0.6) is 0 Å². The number of benzene rings is 1. The Balaban J connectivity index is 1.79. The fourth-order valence-electron chi connectivity index (χ4n) is 2.25. The summed E-state index contributed by atoms with van der Waals surface area (Å²) in [5.41, 5.74) is 9.33. The van der Waals surface area contributed by atoms with E-state index in [0.717, 1.165) is 29.1 Å². The zero-order chi connectivity index (χ0) is 14.1. The lowest BCUT2D eigenvalue weighted by molar-refractivity contribution is -0.116. The Morgan fingerprint density at radius 3 is 3.05 bits per heavy atom. The second kappa shape index (κ2) is 4.88. The Morgan fingerprint density at radius 1 is 1.45 bits per heavy atom. The van der Waals surface area contributed by atoms with Gasteiger partial charge in [-0.05, 0) is 31.0 Å². The monoisotopic (exact) mass is 272 g/mol. The summed E-state index contributed by atoms with van der Waals surface area (Å²) in [7, 11) is 0. The highest BCUT2D eigenvalue weighted by molar-refractivity contribution is 5.95. The Kier molecular flexibility index (Phi) is 3.06. The summed E-state index contributed by atoms with van der Waals surface area (Å²) >= 11 is 0. The third-order valence-electron chi connectivity index (χ3n) is 3.27. The van der Waals surface area contributed by atoms with Gasteiger partial charge < -0.3 is 20.8 Å². The molecule has 0 radical (unpaired) electrons. The normalized spacial score (nSPS) is 13.8. The number of aromatic nitrogens is 1. The molecule has 0 bridgehead atoms. The van der Waals surface area contributed by atoms with Crippen LogP contribution in [0.1, 0.15) is 23.6 Å². The Hall–Kier alpha value is -2.50. The third-order valence-corrected chi connectivity index (χ3v) is 3.27. The van der Waals surface area contributed by atoms with Gasteiger partial charge in [-0.3, -0.25) is 4.79 Å². The molecule has 0 spiro atoms. The Morgan fingerprint density at radius 2 is 2.30 bits per heavy atom. The van der Waals surface area contributed by atoms with Crippen LogP contribution >= 0.6 is 0 Å². The highest BCUT2D eigenvalue weighted by Gasteiger charge is 2.16. The van der Waals surface area contributed by atoms with Crippen molar-refractivity contribution in [3.8, 4) is 0 Å². The van der Waals surface area contributed by atoms with E-state index in [1.54, 1.807) is 6.20 Å². The summed E-state index contributed by atoms with van der Waals surface area (Å²) in [6, 6.07) is 3.76. The van der Waals surface area contributed by atoms with E-state index in [1.165, 1.54) is 0 Å². The van der Waals surface area contributed by atoms with E-state index in [1.807, 2.05) is 19.1 Å². The smallest absolute Gasteiger partial charge is 0.224 e. The number of nitrogens with one attached hydrogen (secondary N) is 2. The average Bonchev–Trinajstić information content (AvgIpc) is 2.83. The number of nitrogen functional groups attached to an aromatic ring is 1. The standard InChI is InChI=1S/C14H16N4O2/c1-8-6-17-14(20-8)7-16-12-5-11-9(4-10(12)15)2-3-13(19)18-11/h4-6,16H,2-3,7,15H2,1H3,(H,18,19). The van der Waals surface area contributed by atoms with Gasteiger partial charge in [-0.15, -0.1) is 0 Å². The van der Waals surface area contributed by atoms with Gasteiger partial charge >= 0.3 is 0 Å². The largest absolute Gasteiger partial charge is 0.444 e. The van der Waals surface area contributed by atoms with Crippen LogP contribution in [-0.2, 0) is 17.8 Å². The summed E-state index contributed by atoms with van der Waals surface area (Å²) < 4.78 is 5.39. The minimum atomic E-state index is 0.0385. The molecule has 1 aromatic carbocycles. The van der Waals surface area contributed by atoms with Gasteiger partial charge in [0, 0.05) is 12.1 Å². The number of amides is 1. The number of carbonyl (C=O) groups is 1. The molecule has 1 amide bonds. The fourth-order valence-corrected chi connectivity index (χ4v) is 2.25. The quantitative estimate of drug-likeness (QED) is 0.744. The molecule has 2 heterocycles. The number of rotatable bonds is 3. The van der Waals surface area contributed by atoms with E-state index >= 15 is 0 Å². The van der Waals surface area contributed by atoms with Crippen molar-refractivity contribution in [1.29, 1.82) is 0 Å². The predicted octanol–water partition coefficient (Wildman–Crippen LogP) is 2.06. The second-order valence-corrected chi connectivity index (χ2v) is 4.86. The minimum absolute atomic E-state index is 0.0385. The zero-order valence-electron chi connectivity index (χ0n) is 11.2. The highest BCUT2D eigenvalue weighted by atomic mass is 16.4. The number of hydrogen-bond acceptors (Lipinski definition) is 5. The lowest BCUT2D eigenvalue weighted by atomic mass is 10.0. The first-order valence-electron chi connectivity index (χ1n) is 6.49. The first-order chi connectivity index (χ1) is 9.61. The van der Waals surface area contributed by atoms with Crippen LogP contribution in [0, 0.1) is 6.92 Å². The van der Waals surface area contributed by atoms with Gasteiger partial charge in [0.05, 0.1) is 24.1 Å². The summed E-state index contributed by atoms with van der Waals surface area (Å²) in [4.78, 5) is 15.5. The van der Waals surface area contributed by atoms with Crippen LogP contribution in [0.2, 0.25) is 0 Å². The molecule has 1 aliphatic rings. The van der Waals surface area contributed by atoms with E-state index in [-0.39, 0.29) is 5.91 Å². The number of aryl methyl sites for hydroxylation is 2. The van der Waals surface area contributed by atoms with Crippen LogP contribution in [0.25, 0.3) is 0 Å². The van der Waals surface area contributed by atoms with Crippen molar-refractivity contribution < 1.29 is 9.21 Å². The lowest BCUT2D eigenvalue weighted by Crippen LogP contribution is -2.19. The lowest BCUT2D eigenvalue weighted by Gasteiger charge is -2.19. The molecule has 4 N–H and O–H groups in total. The number of hydrogen-bond donors (Lipinski definition) is 3. The summed E-state index contributed by atoms with van der Waals surface area (Å²) in [5, 5.41) is 6.03. The number of fused-ring (bicyclic) bond motifs is 1. The van der Waals surface area contributed by atoms with E-state index in [9.17, 15) is 4.79 Å². The van der Waals surface area contributed by atoms with Gasteiger partial charge in [0.25, 0.3) is 0 Å². The van der Waals surface area contributed by atoms with E-state index in [4.69, 9.17) is 10.2 Å². The van der Waals surface area contributed by atoms with Crippen molar-refractivity contribution in [2.45, 2.75) is 26.3 Å². The van der Waals surface area contributed by atoms with Gasteiger partial charge in [-0.2, -0.15) is 0 Å². The molecule has 0 atom stereocenters. The van der Waals surface area contributed by atoms with Gasteiger partial charge in [0.15, 0.2) is 0 Å². The van der Waals surface area contributed by atoms with Crippen molar-refractivity contribution in [2.75, 3.05) is 16.4 Å². The summed E-state index contributed by atoms with van der Waals surface area (Å²) in [5.74, 6) is 1.41. The molecule has 0 unspecified atom stereocenters.